The van der Waals surface area contributed by atoms with E-state index < -0.39 is 73.1 Å². The van der Waals surface area contributed by atoms with E-state index in [2.05, 4.69) is 45.6 Å². The van der Waals surface area contributed by atoms with Crippen LogP contribution in [-0.4, -0.2) is 101 Å². The van der Waals surface area contributed by atoms with Gasteiger partial charge in [-0.2, -0.15) is 0 Å². The maximum absolute atomic E-state index is 13.5. The third-order valence-corrected chi connectivity index (χ3v) is 8.67. The van der Waals surface area contributed by atoms with Crippen LogP contribution in [0.15, 0.2) is 48.5 Å². The van der Waals surface area contributed by atoms with E-state index in [9.17, 15) is 39.1 Å². The Hall–Kier alpha value is -4.43. The van der Waals surface area contributed by atoms with E-state index in [4.69, 9.17) is 22.9 Å². The molecular formula is C36H58BN9O8. The molecule has 16 N–H and O–H groups in total. The molecule has 298 valence electrons. The maximum atomic E-state index is 13.5. The third-order valence-electron chi connectivity index (χ3n) is 8.67. The summed E-state index contributed by atoms with van der Waals surface area (Å²) in [4.78, 5) is 65.6. The molecule has 6 atom stereocenters. The molecule has 0 aromatic heterocycles. The van der Waals surface area contributed by atoms with E-state index in [1.807, 2.05) is 24.3 Å². The summed E-state index contributed by atoms with van der Waals surface area (Å²) in [5.41, 5.74) is 26.0. The van der Waals surface area contributed by atoms with Gasteiger partial charge in [-0.1, -0.05) is 49.7 Å². The highest BCUT2D eigenvalue weighted by Crippen LogP contribution is 2.21. The zero-order chi connectivity index (χ0) is 40.2. The van der Waals surface area contributed by atoms with Crippen LogP contribution in [0, 0.1) is 0 Å². The topological polar surface area (TPSA) is 310 Å². The van der Waals surface area contributed by atoms with Crippen LogP contribution in [0.25, 0.3) is 11.1 Å². The summed E-state index contributed by atoms with van der Waals surface area (Å²) in [5, 5.41) is 40.8. The number of aliphatic hydroxyl groups is 1. The zero-order valence-corrected chi connectivity index (χ0v) is 31.1. The van der Waals surface area contributed by atoms with Crippen molar-refractivity contribution in [2.24, 2.45) is 22.9 Å². The minimum absolute atomic E-state index is 0.0877. The number of hydrogen-bond acceptors (Lipinski definition) is 12. The first-order valence-electron chi connectivity index (χ1n) is 18.4. The molecule has 0 heterocycles. The molecule has 2 aromatic carbocycles. The maximum Gasteiger partial charge on any atom is 0.490 e. The number of carbonyl (C=O) groups excluding carboxylic acids is 5. The Morgan fingerprint density at radius 1 is 0.667 bits per heavy atom. The van der Waals surface area contributed by atoms with Crippen molar-refractivity contribution in [2.75, 3.05) is 13.1 Å². The number of benzene rings is 2. The Bertz CT molecular complexity index is 1480. The Balaban J connectivity index is 2.11. The number of nitrogens with one attached hydrogen (secondary N) is 5. The van der Waals surface area contributed by atoms with Crippen molar-refractivity contribution in [1.82, 2.24) is 26.6 Å². The molecule has 18 heteroatoms. The third kappa shape index (κ3) is 15.5. The van der Waals surface area contributed by atoms with Crippen LogP contribution in [0.2, 0.25) is 0 Å². The molecule has 0 saturated carbocycles. The second-order valence-corrected chi connectivity index (χ2v) is 13.2. The van der Waals surface area contributed by atoms with E-state index >= 15 is 0 Å². The van der Waals surface area contributed by atoms with Crippen molar-refractivity contribution in [3.05, 3.63) is 59.7 Å². The summed E-state index contributed by atoms with van der Waals surface area (Å²) in [7, 11) is -2.06. The van der Waals surface area contributed by atoms with E-state index in [0.717, 1.165) is 30.4 Å². The van der Waals surface area contributed by atoms with Gasteiger partial charge >= 0.3 is 7.12 Å². The molecular weight excluding hydrogens is 697 g/mol. The number of amides is 5. The second-order valence-electron chi connectivity index (χ2n) is 13.2. The number of rotatable bonds is 24. The molecule has 0 radical (unpaired) electrons. The second kappa shape index (κ2) is 24.1. The first kappa shape index (κ1) is 45.7. The lowest BCUT2D eigenvalue weighted by atomic mass is 9.86. The predicted molar refractivity (Wildman–Crippen MR) is 206 cm³/mol. The Morgan fingerprint density at radius 2 is 1.19 bits per heavy atom. The van der Waals surface area contributed by atoms with Crippen molar-refractivity contribution in [1.29, 1.82) is 0 Å². The molecule has 0 aliphatic heterocycles. The quantitative estimate of drug-likeness (QED) is 0.0322. The van der Waals surface area contributed by atoms with Gasteiger partial charge < -0.3 is 64.7 Å². The minimum atomic E-state index is -2.06. The summed E-state index contributed by atoms with van der Waals surface area (Å²) < 4.78 is 0. The molecule has 6 unspecified atom stereocenters. The van der Waals surface area contributed by atoms with Crippen LogP contribution in [0.3, 0.4) is 0 Å². The first-order chi connectivity index (χ1) is 25.7. The predicted octanol–water partition coefficient (Wildman–Crippen LogP) is -1.78. The summed E-state index contributed by atoms with van der Waals surface area (Å²) in [6, 6.07) is 9.73. The first-order valence-corrected chi connectivity index (χ1v) is 18.4. The van der Waals surface area contributed by atoms with Gasteiger partial charge in [0.05, 0.1) is 6.10 Å². The fourth-order valence-corrected chi connectivity index (χ4v) is 5.39. The summed E-state index contributed by atoms with van der Waals surface area (Å²) in [6.45, 7) is 4.07. The van der Waals surface area contributed by atoms with Gasteiger partial charge in [0.2, 0.25) is 17.7 Å². The molecule has 0 aliphatic rings. The van der Waals surface area contributed by atoms with Crippen LogP contribution in [-0.2, 0) is 25.6 Å². The average Bonchev–Trinajstić information content (AvgIpc) is 3.15. The number of aryl methyl sites for hydroxylation is 1. The molecule has 2 aromatic rings. The van der Waals surface area contributed by atoms with Gasteiger partial charge in [-0.3, -0.25) is 24.0 Å². The molecule has 54 heavy (non-hydrogen) atoms. The van der Waals surface area contributed by atoms with Crippen molar-refractivity contribution < 1.29 is 39.1 Å². The Kier molecular flexibility index (Phi) is 20.4. The Labute approximate surface area is 316 Å². The molecule has 5 amide bonds. The Morgan fingerprint density at radius 3 is 1.69 bits per heavy atom. The largest absolute Gasteiger partial charge is 0.490 e. The monoisotopic (exact) mass is 755 g/mol. The van der Waals surface area contributed by atoms with Crippen molar-refractivity contribution >= 4 is 36.7 Å². The number of hydrogen-bond donors (Lipinski definition) is 12. The minimum Gasteiger partial charge on any atom is -0.425 e. The van der Waals surface area contributed by atoms with Gasteiger partial charge in [0.15, 0.2) is 6.17 Å². The van der Waals surface area contributed by atoms with Gasteiger partial charge in [0.25, 0.3) is 11.8 Å². The van der Waals surface area contributed by atoms with E-state index in [0.29, 0.717) is 44.3 Å². The molecule has 17 nitrogen and oxygen atoms in total. The highest BCUT2D eigenvalue weighted by Gasteiger charge is 2.33. The molecule has 0 bridgehead atoms. The van der Waals surface area contributed by atoms with Gasteiger partial charge in [0.1, 0.15) is 24.2 Å². The standard InChI is InChI=1S/C36H58BN9O8/c1-3-4-9-23-12-14-24(15-13-23)25-16-18-26(19-17-25)31(48)42-27(10-5-7-20-38)32(49)44-29(22(2)47)34(51)45-30(40)35(52)43-28(11-6-8-21-39)33(50)46-36(41)37(53)54/h12-19,22,27-30,36,47,53-54H,3-11,20-21,38-41H2,1-2H3,(H,42,48)(H,43,52)(H,44,49)(H,45,51)(H,46,50). The average molecular weight is 756 g/mol. The molecule has 0 saturated heterocycles. The van der Waals surface area contributed by atoms with E-state index in [1.165, 1.54) is 12.5 Å². The van der Waals surface area contributed by atoms with Gasteiger partial charge in [-0.15, -0.1) is 0 Å². The summed E-state index contributed by atoms with van der Waals surface area (Å²) >= 11 is 0. The van der Waals surface area contributed by atoms with Crippen molar-refractivity contribution in [3.63, 3.8) is 0 Å². The van der Waals surface area contributed by atoms with Gasteiger partial charge in [-0.05, 0) is 100 Å². The fraction of sp³-hybridized carbons (Fsp3) is 0.528. The highest BCUT2D eigenvalue weighted by atomic mass is 16.4. The van der Waals surface area contributed by atoms with Crippen LogP contribution in [0.1, 0.15) is 81.1 Å². The number of unbranched alkanes of at least 4 members (excludes halogenated alkanes) is 3. The lowest BCUT2D eigenvalue weighted by Crippen LogP contribution is -2.63. The number of carbonyl (C=O) groups is 5. The van der Waals surface area contributed by atoms with Crippen LogP contribution in [0.4, 0.5) is 0 Å². The summed E-state index contributed by atoms with van der Waals surface area (Å²) in [6.07, 6.45) is 2.28. The molecule has 0 spiro atoms. The van der Waals surface area contributed by atoms with Gasteiger partial charge in [0, 0.05) is 5.56 Å². The fourth-order valence-electron chi connectivity index (χ4n) is 5.39. The van der Waals surface area contributed by atoms with Crippen LogP contribution in [0.5, 0.6) is 0 Å². The van der Waals surface area contributed by atoms with Crippen LogP contribution < -0.4 is 49.5 Å². The molecule has 0 fully saturated rings. The number of nitrogens with two attached hydrogens (primary N) is 4. The molecule has 0 aliphatic carbocycles. The van der Waals surface area contributed by atoms with E-state index in [-0.39, 0.29) is 12.8 Å². The van der Waals surface area contributed by atoms with Crippen molar-refractivity contribution in [3.8, 4) is 11.1 Å². The summed E-state index contributed by atoms with van der Waals surface area (Å²) in [5.74, 6) is -4.14. The molecule has 2 rings (SSSR count). The lowest BCUT2D eigenvalue weighted by Gasteiger charge is -2.26. The SMILES string of the molecule is CCCCc1ccc(-c2ccc(C(=O)NC(CCCCN)C(=O)NC(C(=O)NC(N)C(=O)NC(CCCCN)C(=O)NC(N)B(O)O)C(C)O)cc2)cc1. The number of aliphatic hydroxyl groups excluding tert-OH is 1. The van der Waals surface area contributed by atoms with Gasteiger partial charge in [-0.25, -0.2) is 0 Å². The smallest absolute Gasteiger partial charge is 0.425 e. The lowest BCUT2D eigenvalue weighted by molar-refractivity contribution is -0.135. The zero-order valence-electron chi connectivity index (χ0n) is 31.1. The van der Waals surface area contributed by atoms with E-state index in [1.54, 1.807) is 12.1 Å². The van der Waals surface area contributed by atoms with Crippen molar-refractivity contribution in [2.45, 2.75) is 108 Å². The van der Waals surface area contributed by atoms with Crippen LogP contribution >= 0.6 is 0 Å². The highest BCUT2D eigenvalue weighted by molar-refractivity contribution is 6.43. The normalized spacial score (nSPS) is 14.4.